The molecule has 4 N–H and O–H groups in total. The van der Waals surface area contributed by atoms with Crippen LogP contribution in [0.1, 0.15) is 22.6 Å². The fourth-order valence-corrected chi connectivity index (χ4v) is 4.27. The molecule has 8 nitrogen and oxygen atoms in total. The number of thiophene rings is 1. The maximum absolute atomic E-state index is 12.9. The molecule has 9 heteroatoms. The molecule has 0 fully saturated rings. The summed E-state index contributed by atoms with van der Waals surface area (Å²) in [6, 6.07) is 7.63. The molecule has 0 unspecified atom stereocenters. The van der Waals surface area contributed by atoms with Gasteiger partial charge >= 0.3 is 0 Å². The fourth-order valence-electron chi connectivity index (χ4n) is 3.21. The van der Waals surface area contributed by atoms with Gasteiger partial charge in [-0.25, -0.2) is 0 Å². The number of rotatable bonds is 2. The number of allylic oxidation sites excluding steroid dienone is 1. The molecule has 0 amide bonds. The van der Waals surface area contributed by atoms with Crippen molar-refractivity contribution in [3.05, 3.63) is 63.0 Å². The average Bonchev–Trinajstić information content (AvgIpc) is 3.05. The quantitative estimate of drug-likeness (QED) is 0.622. The molecule has 0 spiro atoms. The van der Waals surface area contributed by atoms with Crippen molar-refractivity contribution in [2.24, 2.45) is 5.73 Å². The molecule has 1 aliphatic heterocycles. The van der Waals surface area contributed by atoms with Crippen LogP contribution in [-0.4, -0.2) is 17.0 Å². The summed E-state index contributed by atoms with van der Waals surface area (Å²) in [6.45, 7) is 0. The Bertz CT molecular complexity index is 1240. The molecule has 0 aromatic carbocycles. The summed E-state index contributed by atoms with van der Waals surface area (Å²) in [5, 5.41) is 22.6. The Morgan fingerprint density at radius 3 is 2.85 bits per heavy atom. The number of nitrogens with zero attached hydrogens (tertiary/aromatic N) is 3. The number of aromatic amines is 1. The highest BCUT2D eigenvalue weighted by Gasteiger charge is 2.35. The van der Waals surface area contributed by atoms with Crippen molar-refractivity contribution >= 4 is 26.6 Å². The minimum atomic E-state index is -0.703. The van der Waals surface area contributed by atoms with Gasteiger partial charge in [0.05, 0.1) is 21.7 Å². The van der Waals surface area contributed by atoms with Crippen molar-refractivity contribution < 1.29 is 4.74 Å². The number of fused-ring (bicyclic) bond motifs is 3. The Balaban J connectivity index is 2.11. The minimum absolute atomic E-state index is 0.0660. The first-order valence-corrected chi connectivity index (χ1v) is 8.70. The number of ether oxygens (including phenoxy) is 1. The summed E-state index contributed by atoms with van der Waals surface area (Å²) < 4.78 is 6.29. The molecular weight excluding hydrogens is 364 g/mol. The minimum Gasteiger partial charge on any atom is -0.438 e. The highest BCUT2D eigenvalue weighted by molar-refractivity contribution is 7.23. The fraction of sp³-hybridized carbons (Fsp3) is 0.111. The number of hydrogen-bond acceptors (Lipinski definition) is 8. The SMILES string of the molecule is CNc1sc2c3c(c(=O)[nH]c2c1C#N)[C@@H](c1cccnc1)C(C#N)=C(N)O3. The Morgan fingerprint density at radius 1 is 1.41 bits per heavy atom. The van der Waals surface area contributed by atoms with Crippen molar-refractivity contribution in [2.75, 3.05) is 12.4 Å². The van der Waals surface area contributed by atoms with E-state index in [0.29, 0.717) is 26.3 Å². The molecule has 0 saturated carbocycles. The maximum Gasteiger partial charge on any atom is 0.256 e. The van der Waals surface area contributed by atoms with Gasteiger partial charge in [-0.05, 0) is 11.6 Å². The van der Waals surface area contributed by atoms with Gasteiger partial charge in [-0.3, -0.25) is 9.78 Å². The number of nitrogens with one attached hydrogen (secondary N) is 2. The lowest BCUT2D eigenvalue weighted by Crippen LogP contribution is -2.27. The lowest BCUT2D eigenvalue weighted by molar-refractivity contribution is 0.397. The zero-order valence-corrected chi connectivity index (χ0v) is 14.8. The van der Waals surface area contributed by atoms with Gasteiger partial charge < -0.3 is 20.8 Å². The molecule has 0 saturated heterocycles. The number of hydrogen-bond donors (Lipinski definition) is 3. The van der Waals surface area contributed by atoms with Crippen LogP contribution in [0.4, 0.5) is 5.00 Å². The number of anilines is 1. The normalized spacial score (nSPS) is 15.6. The first-order valence-electron chi connectivity index (χ1n) is 7.88. The van der Waals surface area contributed by atoms with E-state index in [1.54, 1.807) is 31.6 Å². The molecule has 3 aromatic heterocycles. The third kappa shape index (κ3) is 2.34. The topological polar surface area (TPSA) is 141 Å². The first kappa shape index (κ1) is 16.6. The van der Waals surface area contributed by atoms with Crippen LogP contribution in [-0.2, 0) is 0 Å². The largest absolute Gasteiger partial charge is 0.438 e. The van der Waals surface area contributed by atoms with Gasteiger partial charge in [-0.15, -0.1) is 11.3 Å². The Morgan fingerprint density at radius 2 is 2.22 bits per heavy atom. The van der Waals surface area contributed by atoms with Gasteiger partial charge in [0.15, 0.2) is 5.75 Å². The number of nitriles is 2. The summed E-state index contributed by atoms with van der Waals surface area (Å²) >= 11 is 1.27. The van der Waals surface area contributed by atoms with Crippen molar-refractivity contribution in [3.63, 3.8) is 0 Å². The smallest absolute Gasteiger partial charge is 0.256 e. The summed E-state index contributed by atoms with van der Waals surface area (Å²) in [6.07, 6.45) is 3.19. The van der Waals surface area contributed by atoms with Crippen LogP contribution in [0.5, 0.6) is 5.75 Å². The zero-order chi connectivity index (χ0) is 19.1. The van der Waals surface area contributed by atoms with Gasteiger partial charge in [-0.2, -0.15) is 10.5 Å². The Kier molecular flexibility index (Phi) is 3.80. The summed E-state index contributed by atoms with van der Waals surface area (Å²) in [5.74, 6) is -0.503. The number of H-pyrrole nitrogens is 1. The monoisotopic (exact) mass is 376 g/mol. The van der Waals surface area contributed by atoms with Crippen LogP contribution in [0.15, 0.2) is 40.8 Å². The van der Waals surface area contributed by atoms with E-state index in [2.05, 4.69) is 21.4 Å². The van der Waals surface area contributed by atoms with E-state index in [1.807, 2.05) is 6.07 Å². The molecule has 4 rings (SSSR count). The van der Waals surface area contributed by atoms with Crippen molar-refractivity contribution in [1.29, 1.82) is 10.5 Å². The van der Waals surface area contributed by atoms with Gasteiger partial charge in [0.25, 0.3) is 5.56 Å². The third-order valence-electron chi connectivity index (χ3n) is 4.37. The lowest BCUT2D eigenvalue weighted by atomic mass is 9.85. The van der Waals surface area contributed by atoms with E-state index >= 15 is 0 Å². The molecule has 4 heterocycles. The van der Waals surface area contributed by atoms with E-state index in [4.69, 9.17) is 10.5 Å². The molecule has 0 radical (unpaired) electrons. The van der Waals surface area contributed by atoms with Gasteiger partial charge in [0.2, 0.25) is 5.88 Å². The van der Waals surface area contributed by atoms with E-state index in [-0.39, 0.29) is 22.8 Å². The van der Waals surface area contributed by atoms with E-state index in [9.17, 15) is 15.3 Å². The predicted octanol–water partition coefficient (Wildman–Crippen LogP) is 2.12. The number of nitrogens with two attached hydrogens (primary N) is 1. The molecule has 27 heavy (non-hydrogen) atoms. The number of pyridine rings is 2. The van der Waals surface area contributed by atoms with Crippen molar-refractivity contribution in [3.8, 4) is 17.9 Å². The average molecular weight is 376 g/mol. The second-order valence-corrected chi connectivity index (χ2v) is 6.80. The van der Waals surface area contributed by atoms with Gasteiger partial charge in [-0.1, -0.05) is 6.07 Å². The molecule has 1 atom stereocenters. The second kappa shape index (κ2) is 6.16. The molecule has 1 aliphatic rings. The van der Waals surface area contributed by atoms with Gasteiger partial charge in [0.1, 0.15) is 28.3 Å². The van der Waals surface area contributed by atoms with Crippen LogP contribution in [0, 0.1) is 22.7 Å². The van der Waals surface area contributed by atoms with Crippen LogP contribution < -0.4 is 21.3 Å². The van der Waals surface area contributed by atoms with Crippen LogP contribution >= 0.6 is 11.3 Å². The third-order valence-corrected chi connectivity index (χ3v) is 5.58. The summed E-state index contributed by atoms with van der Waals surface area (Å²) in [7, 11) is 1.69. The Labute approximate surface area is 157 Å². The Hall–Kier alpha value is -3.82. The van der Waals surface area contributed by atoms with Crippen LogP contribution in [0.2, 0.25) is 0 Å². The summed E-state index contributed by atoms with van der Waals surface area (Å²) in [5.41, 5.74) is 7.35. The zero-order valence-electron chi connectivity index (χ0n) is 14.0. The highest BCUT2D eigenvalue weighted by Crippen LogP contribution is 2.47. The lowest BCUT2D eigenvalue weighted by Gasteiger charge is -2.25. The standard InChI is InChI=1S/C18H12N6O2S/c1-22-18-10(6-20)13-15(27-18)14-12(17(25)24-13)11(8-3-2-4-23-7-8)9(5-19)16(21)26-14/h2-4,7,11,22H,21H2,1H3,(H,24,25)/t11-/m0/s1. The van der Waals surface area contributed by atoms with E-state index in [1.165, 1.54) is 11.3 Å². The van der Waals surface area contributed by atoms with Crippen LogP contribution in [0.3, 0.4) is 0 Å². The maximum atomic E-state index is 12.9. The number of aromatic nitrogens is 2. The molecular formula is C18H12N6O2S. The van der Waals surface area contributed by atoms with Gasteiger partial charge in [0, 0.05) is 19.4 Å². The van der Waals surface area contributed by atoms with E-state index < -0.39 is 11.5 Å². The molecule has 3 aromatic rings. The predicted molar refractivity (Wildman–Crippen MR) is 100 cm³/mol. The molecule has 132 valence electrons. The summed E-state index contributed by atoms with van der Waals surface area (Å²) in [4.78, 5) is 19.8. The second-order valence-electron chi connectivity index (χ2n) is 5.78. The van der Waals surface area contributed by atoms with Crippen molar-refractivity contribution in [1.82, 2.24) is 9.97 Å². The molecule has 0 bridgehead atoms. The first-order chi connectivity index (χ1) is 13.1. The van der Waals surface area contributed by atoms with E-state index in [0.717, 1.165) is 0 Å². The highest BCUT2D eigenvalue weighted by atomic mass is 32.1. The molecule has 0 aliphatic carbocycles. The van der Waals surface area contributed by atoms with Crippen LogP contribution in [0.25, 0.3) is 10.2 Å². The van der Waals surface area contributed by atoms with Crippen molar-refractivity contribution in [2.45, 2.75) is 5.92 Å².